The lowest BCUT2D eigenvalue weighted by atomic mass is 10.0. The third-order valence-corrected chi connectivity index (χ3v) is 4.30. The van der Waals surface area contributed by atoms with Crippen LogP contribution in [-0.2, 0) is 6.54 Å². The standard InChI is InChI=1S/C20H16N2O/c1-14-6-2-4-8-17(14)15-10-11-21-19(12-15)22-13-16-7-3-5-9-18(16)20(22)23/h2-12H,13H2,1H3. The van der Waals surface area contributed by atoms with Gasteiger partial charge in [-0.25, -0.2) is 4.98 Å². The number of benzene rings is 2. The molecule has 1 aliphatic heterocycles. The first-order valence-corrected chi connectivity index (χ1v) is 7.66. The Morgan fingerprint density at radius 3 is 2.48 bits per heavy atom. The van der Waals surface area contributed by atoms with Crippen molar-refractivity contribution in [3.05, 3.63) is 83.6 Å². The topological polar surface area (TPSA) is 33.2 Å². The number of carbonyl (C=O) groups is 1. The number of anilines is 1. The van der Waals surface area contributed by atoms with Gasteiger partial charge in [0.1, 0.15) is 5.82 Å². The van der Waals surface area contributed by atoms with Gasteiger partial charge in [0.15, 0.2) is 0 Å². The van der Waals surface area contributed by atoms with Crippen molar-refractivity contribution in [3.8, 4) is 11.1 Å². The average molecular weight is 300 g/mol. The van der Waals surface area contributed by atoms with Crippen LogP contribution in [0.3, 0.4) is 0 Å². The van der Waals surface area contributed by atoms with Gasteiger partial charge in [-0.15, -0.1) is 0 Å². The molecule has 0 fully saturated rings. The van der Waals surface area contributed by atoms with Crippen molar-refractivity contribution < 1.29 is 4.79 Å². The predicted molar refractivity (Wildman–Crippen MR) is 91.4 cm³/mol. The van der Waals surface area contributed by atoms with Crippen LogP contribution in [0.5, 0.6) is 0 Å². The molecular weight excluding hydrogens is 284 g/mol. The van der Waals surface area contributed by atoms with Gasteiger partial charge in [-0.1, -0.05) is 42.5 Å². The van der Waals surface area contributed by atoms with E-state index in [1.165, 1.54) is 11.1 Å². The van der Waals surface area contributed by atoms with Crippen molar-refractivity contribution in [1.82, 2.24) is 4.98 Å². The molecule has 1 aromatic heterocycles. The highest BCUT2D eigenvalue weighted by atomic mass is 16.2. The summed E-state index contributed by atoms with van der Waals surface area (Å²) < 4.78 is 0. The minimum absolute atomic E-state index is 0.0232. The molecule has 0 spiro atoms. The normalized spacial score (nSPS) is 13.3. The summed E-state index contributed by atoms with van der Waals surface area (Å²) in [6.45, 7) is 2.67. The third kappa shape index (κ3) is 2.30. The molecule has 1 aliphatic rings. The molecule has 0 bridgehead atoms. The SMILES string of the molecule is Cc1ccccc1-c1ccnc(N2Cc3ccccc3C2=O)c1. The molecule has 0 saturated heterocycles. The Hall–Kier alpha value is -2.94. The smallest absolute Gasteiger partial charge is 0.260 e. The molecule has 0 aliphatic carbocycles. The molecule has 3 heteroatoms. The zero-order valence-electron chi connectivity index (χ0n) is 12.9. The Morgan fingerprint density at radius 2 is 1.70 bits per heavy atom. The van der Waals surface area contributed by atoms with Crippen LogP contribution in [0.15, 0.2) is 66.9 Å². The van der Waals surface area contributed by atoms with Crippen molar-refractivity contribution >= 4 is 11.7 Å². The summed E-state index contributed by atoms with van der Waals surface area (Å²) in [6.07, 6.45) is 1.77. The number of hydrogen-bond acceptors (Lipinski definition) is 2. The number of aromatic nitrogens is 1. The third-order valence-electron chi connectivity index (χ3n) is 4.30. The number of pyridine rings is 1. The van der Waals surface area contributed by atoms with E-state index in [0.29, 0.717) is 12.4 Å². The zero-order valence-corrected chi connectivity index (χ0v) is 12.9. The second kappa shape index (κ2) is 5.36. The zero-order chi connectivity index (χ0) is 15.8. The lowest BCUT2D eigenvalue weighted by molar-refractivity contribution is 0.0996. The Bertz CT molecular complexity index is 901. The summed E-state index contributed by atoms with van der Waals surface area (Å²) in [5.74, 6) is 0.724. The summed E-state index contributed by atoms with van der Waals surface area (Å²) in [6, 6.07) is 20.0. The number of amides is 1. The second-order valence-electron chi connectivity index (χ2n) is 5.77. The van der Waals surface area contributed by atoms with Gasteiger partial charge in [-0.2, -0.15) is 0 Å². The van der Waals surface area contributed by atoms with Gasteiger partial charge in [-0.05, 0) is 47.4 Å². The van der Waals surface area contributed by atoms with Crippen LogP contribution in [-0.4, -0.2) is 10.9 Å². The van der Waals surface area contributed by atoms with E-state index in [9.17, 15) is 4.79 Å². The largest absolute Gasteiger partial charge is 0.288 e. The van der Waals surface area contributed by atoms with Gasteiger partial charge in [0.2, 0.25) is 0 Å². The number of carbonyl (C=O) groups excluding carboxylic acids is 1. The predicted octanol–water partition coefficient (Wildman–Crippen LogP) is 4.22. The second-order valence-corrected chi connectivity index (χ2v) is 5.77. The highest BCUT2D eigenvalue weighted by Crippen LogP contribution is 2.30. The minimum atomic E-state index is 0.0232. The van der Waals surface area contributed by atoms with Crippen molar-refractivity contribution in [2.75, 3.05) is 4.90 Å². The number of fused-ring (bicyclic) bond motifs is 1. The fourth-order valence-electron chi connectivity index (χ4n) is 3.07. The molecule has 0 N–H and O–H groups in total. The van der Waals surface area contributed by atoms with Gasteiger partial charge in [-0.3, -0.25) is 9.69 Å². The van der Waals surface area contributed by atoms with E-state index < -0.39 is 0 Å². The molecule has 3 aromatic rings. The molecule has 112 valence electrons. The monoisotopic (exact) mass is 300 g/mol. The highest BCUT2D eigenvalue weighted by molar-refractivity contribution is 6.09. The Morgan fingerprint density at radius 1 is 0.957 bits per heavy atom. The summed E-state index contributed by atoms with van der Waals surface area (Å²) in [4.78, 5) is 18.8. The van der Waals surface area contributed by atoms with Crippen LogP contribution in [0.1, 0.15) is 21.5 Å². The van der Waals surface area contributed by atoms with Crippen LogP contribution in [0.25, 0.3) is 11.1 Å². The summed E-state index contributed by atoms with van der Waals surface area (Å²) >= 11 is 0. The van der Waals surface area contributed by atoms with Crippen LogP contribution < -0.4 is 4.90 Å². The minimum Gasteiger partial charge on any atom is -0.288 e. The van der Waals surface area contributed by atoms with E-state index in [1.807, 2.05) is 48.5 Å². The van der Waals surface area contributed by atoms with E-state index in [0.717, 1.165) is 16.7 Å². The molecule has 0 saturated carbocycles. The maximum atomic E-state index is 12.6. The maximum absolute atomic E-state index is 12.6. The molecule has 1 amide bonds. The van der Waals surface area contributed by atoms with Crippen LogP contribution in [0, 0.1) is 6.92 Å². The van der Waals surface area contributed by atoms with Crippen molar-refractivity contribution in [2.24, 2.45) is 0 Å². The number of rotatable bonds is 2. The van der Waals surface area contributed by atoms with Crippen LogP contribution in [0.2, 0.25) is 0 Å². The first kappa shape index (κ1) is 13.7. The Kier molecular flexibility index (Phi) is 3.19. The average Bonchev–Trinajstić information content (AvgIpc) is 2.93. The van der Waals surface area contributed by atoms with Crippen LogP contribution in [0.4, 0.5) is 5.82 Å². The first-order chi connectivity index (χ1) is 11.2. The van der Waals surface area contributed by atoms with E-state index in [2.05, 4.69) is 24.0 Å². The molecule has 2 heterocycles. The number of nitrogens with zero attached hydrogens (tertiary/aromatic N) is 2. The fraction of sp³-hybridized carbons (Fsp3) is 0.100. The molecule has 4 rings (SSSR count). The van der Waals surface area contributed by atoms with Crippen molar-refractivity contribution in [2.45, 2.75) is 13.5 Å². The maximum Gasteiger partial charge on any atom is 0.260 e. The first-order valence-electron chi connectivity index (χ1n) is 7.66. The van der Waals surface area contributed by atoms with Gasteiger partial charge >= 0.3 is 0 Å². The lowest BCUT2D eigenvalue weighted by Gasteiger charge is -2.16. The number of aryl methyl sites for hydroxylation is 1. The summed E-state index contributed by atoms with van der Waals surface area (Å²) in [5.41, 5.74) is 5.29. The molecule has 0 radical (unpaired) electrons. The van der Waals surface area contributed by atoms with Gasteiger partial charge in [0.05, 0.1) is 6.54 Å². The van der Waals surface area contributed by atoms with Gasteiger partial charge in [0, 0.05) is 11.8 Å². The quantitative estimate of drug-likeness (QED) is 0.710. The fourth-order valence-corrected chi connectivity index (χ4v) is 3.07. The van der Waals surface area contributed by atoms with E-state index >= 15 is 0 Å². The van der Waals surface area contributed by atoms with Crippen LogP contribution >= 0.6 is 0 Å². The molecule has 3 nitrogen and oxygen atoms in total. The van der Waals surface area contributed by atoms with Gasteiger partial charge in [0.25, 0.3) is 5.91 Å². The highest BCUT2D eigenvalue weighted by Gasteiger charge is 2.28. The van der Waals surface area contributed by atoms with E-state index in [1.54, 1.807) is 11.1 Å². The molecule has 2 aromatic carbocycles. The molecule has 0 unspecified atom stereocenters. The lowest BCUT2D eigenvalue weighted by Crippen LogP contribution is -2.23. The van der Waals surface area contributed by atoms with Crippen molar-refractivity contribution in [1.29, 1.82) is 0 Å². The number of hydrogen-bond donors (Lipinski definition) is 0. The Balaban J connectivity index is 1.74. The van der Waals surface area contributed by atoms with E-state index in [4.69, 9.17) is 0 Å². The molecule has 23 heavy (non-hydrogen) atoms. The van der Waals surface area contributed by atoms with E-state index in [-0.39, 0.29) is 5.91 Å². The Labute approximate surface area is 135 Å². The summed E-state index contributed by atoms with van der Waals surface area (Å²) in [5, 5.41) is 0. The summed E-state index contributed by atoms with van der Waals surface area (Å²) in [7, 11) is 0. The molecular formula is C20H16N2O. The molecule has 0 atom stereocenters. The van der Waals surface area contributed by atoms with Gasteiger partial charge < -0.3 is 0 Å². The van der Waals surface area contributed by atoms with Crippen molar-refractivity contribution in [3.63, 3.8) is 0 Å².